The first-order valence-electron chi connectivity index (χ1n) is 33.1. The van der Waals surface area contributed by atoms with Crippen molar-refractivity contribution in [3.8, 4) is 0 Å². The van der Waals surface area contributed by atoms with Crippen LogP contribution in [0, 0.1) is 0 Å². The molecule has 0 spiro atoms. The number of carbonyl (C=O) groups excluding carboxylic acids is 1. The first-order chi connectivity index (χ1) is 35.5. The zero-order valence-corrected chi connectivity index (χ0v) is 49.0. The average molecular weight is 1020 g/mol. The van der Waals surface area contributed by atoms with Crippen molar-refractivity contribution in [3.63, 3.8) is 0 Å². The fourth-order valence-electron chi connectivity index (χ4n) is 10.8. The Bertz CT molecular complexity index is 1050. The van der Waals surface area contributed by atoms with E-state index in [4.69, 9.17) is 0 Å². The van der Waals surface area contributed by atoms with Crippen LogP contribution in [0.5, 0.6) is 0 Å². The number of aliphatic hydroxyl groups excluding tert-OH is 4. The van der Waals surface area contributed by atoms with Crippen LogP contribution in [0.3, 0.4) is 0 Å². The molecule has 0 bridgehead atoms. The number of hydrogen-bond acceptors (Lipinski definition) is 5. The summed E-state index contributed by atoms with van der Waals surface area (Å²) in [5.41, 5.74) is 0. The van der Waals surface area contributed by atoms with Crippen molar-refractivity contribution >= 4 is 5.91 Å². The van der Waals surface area contributed by atoms with Crippen LogP contribution in [-0.4, -0.2) is 57.3 Å². The molecule has 0 radical (unpaired) electrons. The van der Waals surface area contributed by atoms with Crippen LogP contribution in [0.2, 0.25) is 0 Å². The molecular weight excluding hydrogens is 887 g/mol. The van der Waals surface area contributed by atoms with Gasteiger partial charge in [-0.2, -0.15) is 0 Å². The van der Waals surface area contributed by atoms with Gasteiger partial charge in [0.25, 0.3) is 0 Å². The van der Waals surface area contributed by atoms with Crippen molar-refractivity contribution in [2.24, 2.45) is 0 Å². The van der Waals surface area contributed by atoms with Gasteiger partial charge in [-0.05, 0) is 38.5 Å². The minimum atomic E-state index is -1.26. The van der Waals surface area contributed by atoms with E-state index in [0.29, 0.717) is 12.8 Å². The molecule has 72 heavy (non-hydrogen) atoms. The summed E-state index contributed by atoms with van der Waals surface area (Å²) < 4.78 is 0. The fourth-order valence-corrected chi connectivity index (χ4v) is 10.8. The van der Waals surface area contributed by atoms with E-state index in [1.165, 1.54) is 308 Å². The quantitative estimate of drug-likeness (QED) is 0.0308. The summed E-state index contributed by atoms with van der Waals surface area (Å²) in [6, 6.07) is -0.985. The summed E-state index contributed by atoms with van der Waals surface area (Å²) in [7, 11) is 0. The molecule has 0 aliphatic carbocycles. The summed E-state index contributed by atoms with van der Waals surface area (Å²) >= 11 is 0. The molecular formula is C66H131NO5. The van der Waals surface area contributed by atoms with Gasteiger partial charge >= 0.3 is 0 Å². The molecule has 0 rings (SSSR count). The zero-order valence-electron chi connectivity index (χ0n) is 49.0. The Morgan fingerprint density at radius 2 is 0.556 bits per heavy atom. The van der Waals surface area contributed by atoms with E-state index in [-0.39, 0.29) is 0 Å². The van der Waals surface area contributed by atoms with Gasteiger partial charge in [-0.1, -0.05) is 347 Å². The maximum Gasteiger partial charge on any atom is 0.249 e. The Hall–Kier alpha value is -0.950. The normalized spacial score (nSPS) is 13.6. The third-order valence-electron chi connectivity index (χ3n) is 16.0. The van der Waals surface area contributed by atoms with Crippen LogP contribution in [0.15, 0.2) is 12.2 Å². The van der Waals surface area contributed by atoms with Crippen LogP contribution >= 0.6 is 0 Å². The molecule has 0 heterocycles. The van der Waals surface area contributed by atoms with Gasteiger partial charge in [0.1, 0.15) is 12.2 Å². The second kappa shape index (κ2) is 60.9. The van der Waals surface area contributed by atoms with Crippen molar-refractivity contribution in [1.82, 2.24) is 5.32 Å². The van der Waals surface area contributed by atoms with Gasteiger partial charge in [0, 0.05) is 0 Å². The highest BCUT2D eigenvalue weighted by Gasteiger charge is 2.28. The Morgan fingerprint density at radius 1 is 0.333 bits per heavy atom. The first kappa shape index (κ1) is 71.0. The molecule has 0 aromatic heterocycles. The number of nitrogens with one attached hydrogen (secondary N) is 1. The molecule has 0 saturated heterocycles. The van der Waals surface area contributed by atoms with Crippen LogP contribution in [-0.2, 0) is 4.79 Å². The molecule has 0 aliphatic rings. The van der Waals surface area contributed by atoms with Gasteiger partial charge in [-0.15, -0.1) is 0 Å². The molecule has 4 unspecified atom stereocenters. The third-order valence-corrected chi connectivity index (χ3v) is 16.0. The molecule has 430 valence electrons. The summed E-state index contributed by atoms with van der Waals surface area (Å²) in [5.74, 6) is -0.578. The monoisotopic (exact) mass is 1020 g/mol. The van der Waals surface area contributed by atoms with Gasteiger partial charge in [0.15, 0.2) is 0 Å². The van der Waals surface area contributed by atoms with Gasteiger partial charge in [0.05, 0.1) is 18.8 Å². The van der Waals surface area contributed by atoms with Gasteiger partial charge in [0.2, 0.25) is 5.91 Å². The lowest BCUT2D eigenvalue weighted by atomic mass is 9.99. The average Bonchev–Trinajstić information content (AvgIpc) is 3.39. The number of allylic oxidation sites excluding steroid dienone is 2. The van der Waals surface area contributed by atoms with E-state index < -0.39 is 36.9 Å². The van der Waals surface area contributed by atoms with Crippen molar-refractivity contribution in [3.05, 3.63) is 12.2 Å². The third kappa shape index (κ3) is 53.9. The minimum Gasteiger partial charge on any atom is -0.394 e. The Morgan fingerprint density at radius 3 is 0.806 bits per heavy atom. The van der Waals surface area contributed by atoms with Crippen molar-refractivity contribution < 1.29 is 25.2 Å². The zero-order chi connectivity index (χ0) is 52.3. The van der Waals surface area contributed by atoms with Gasteiger partial charge < -0.3 is 25.7 Å². The van der Waals surface area contributed by atoms with E-state index in [0.717, 1.165) is 38.5 Å². The van der Waals surface area contributed by atoms with E-state index in [2.05, 4.69) is 31.3 Å². The van der Waals surface area contributed by atoms with Crippen LogP contribution in [0.25, 0.3) is 0 Å². The number of carbonyl (C=O) groups is 1. The summed E-state index contributed by atoms with van der Waals surface area (Å²) in [6.07, 6.45) is 74.6. The van der Waals surface area contributed by atoms with Gasteiger partial charge in [-0.3, -0.25) is 4.79 Å². The summed E-state index contributed by atoms with van der Waals surface area (Å²) in [4.78, 5) is 12.6. The summed E-state index contributed by atoms with van der Waals surface area (Å²) in [5, 5.41) is 44.2. The molecule has 6 nitrogen and oxygen atoms in total. The number of aliphatic hydroxyl groups is 4. The number of unbranched alkanes of at least 4 members (excludes halogenated alkanes) is 51. The molecule has 5 N–H and O–H groups in total. The van der Waals surface area contributed by atoms with E-state index in [1.54, 1.807) is 0 Å². The molecule has 0 aromatic rings. The topological polar surface area (TPSA) is 110 Å². The predicted molar refractivity (Wildman–Crippen MR) is 316 cm³/mol. The van der Waals surface area contributed by atoms with Crippen LogP contribution < -0.4 is 5.32 Å². The SMILES string of the molecule is CCCCCCCCCCCCCC/C=C\CCCCCCCCCCCC(O)C(=O)NC(CO)C(O)C(O)CCCCCCCCCCCCCCCCCCCCCCCCCCCCCCCCC. The molecule has 1 amide bonds. The second-order valence-corrected chi connectivity index (χ2v) is 23.2. The van der Waals surface area contributed by atoms with Crippen LogP contribution in [0.1, 0.15) is 373 Å². The maximum absolute atomic E-state index is 12.6. The first-order valence-corrected chi connectivity index (χ1v) is 33.1. The van der Waals surface area contributed by atoms with E-state index in [9.17, 15) is 25.2 Å². The maximum atomic E-state index is 12.6. The molecule has 0 saturated carbocycles. The number of rotatable bonds is 62. The smallest absolute Gasteiger partial charge is 0.249 e. The van der Waals surface area contributed by atoms with E-state index in [1.807, 2.05) is 0 Å². The number of amides is 1. The van der Waals surface area contributed by atoms with Gasteiger partial charge in [-0.25, -0.2) is 0 Å². The van der Waals surface area contributed by atoms with Crippen molar-refractivity contribution in [2.75, 3.05) is 6.61 Å². The van der Waals surface area contributed by atoms with E-state index >= 15 is 0 Å². The Kier molecular flexibility index (Phi) is 60.1. The Balaban J connectivity index is 3.54. The molecule has 4 atom stereocenters. The minimum absolute atomic E-state index is 0.370. The largest absolute Gasteiger partial charge is 0.394 e. The lowest BCUT2D eigenvalue weighted by Gasteiger charge is -2.27. The van der Waals surface area contributed by atoms with Crippen molar-refractivity contribution in [2.45, 2.75) is 398 Å². The Labute approximate surface area is 451 Å². The highest BCUT2D eigenvalue weighted by atomic mass is 16.3. The summed E-state index contributed by atoms with van der Waals surface area (Å²) in [6.45, 7) is 4.11. The number of hydrogen-bond donors (Lipinski definition) is 5. The highest BCUT2D eigenvalue weighted by Crippen LogP contribution is 2.19. The molecule has 0 aliphatic heterocycles. The molecule has 0 fully saturated rings. The lowest BCUT2D eigenvalue weighted by molar-refractivity contribution is -0.132. The fraction of sp³-hybridized carbons (Fsp3) is 0.955. The predicted octanol–water partition coefficient (Wildman–Crippen LogP) is 20.0. The van der Waals surface area contributed by atoms with Crippen molar-refractivity contribution in [1.29, 1.82) is 0 Å². The standard InChI is InChI=1S/C66H131NO5/c1-3-5-7-9-11-13-15-17-19-21-23-25-27-29-30-31-32-33-34-36-37-39-41-43-45-47-49-51-53-55-57-59-63(69)65(71)62(61-68)67-66(72)64(70)60-58-56-54-52-50-48-46-44-42-40-38-35-28-26-24-22-20-18-16-14-12-10-8-6-4-2/h35,38,62-65,68-71H,3-34,36-37,39-61H2,1-2H3,(H,67,72)/b38-35-. The molecule has 6 heteroatoms. The highest BCUT2D eigenvalue weighted by molar-refractivity contribution is 5.80. The lowest BCUT2D eigenvalue weighted by Crippen LogP contribution is -2.53. The molecule has 0 aromatic carbocycles. The van der Waals surface area contributed by atoms with Crippen LogP contribution in [0.4, 0.5) is 0 Å². The second-order valence-electron chi connectivity index (χ2n) is 23.2.